The van der Waals surface area contributed by atoms with Gasteiger partial charge >= 0.3 is 5.97 Å². The van der Waals surface area contributed by atoms with Crippen LogP contribution in [-0.2, 0) is 19.6 Å². The van der Waals surface area contributed by atoms with Gasteiger partial charge in [0.25, 0.3) is 0 Å². The maximum atomic E-state index is 11.8. The second kappa shape index (κ2) is 6.14. The van der Waals surface area contributed by atoms with Crippen molar-refractivity contribution in [2.24, 2.45) is 0 Å². The molecule has 18 heavy (non-hydrogen) atoms. The molecule has 1 fully saturated rings. The molecule has 0 aliphatic heterocycles. The van der Waals surface area contributed by atoms with Crippen molar-refractivity contribution in [3.8, 4) is 0 Å². The number of rotatable bonds is 5. The molecule has 0 unspecified atom stereocenters. The summed E-state index contributed by atoms with van der Waals surface area (Å²) in [5.41, 5.74) is 0. The van der Waals surface area contributed by atoms with E-state index in [0.717, 1.165) is 0 Å². The van der Waals surface area contributed by atoms with Gasteiger partial charge in [0, 0.05) is 13.0 Å². The molecule has 0 heterocycles. The Labute approximate surface area is 106 Å². The zero-order valence-corrected chi connectivity index (χ0v) is 11.0. The Balaban J connectivity index is 2.46. The van der Waals surface area contributed by atoms with Crippen molar-refractivity contribution < 1.29 is 23.1 Å². The molecule has 0 aromatic heterocycles. The first kappa shape index (κ1) is 14.9. The van der Waals surface area contributed by atoms with Crippen molar-refractivity contribution in [3.63, 3.8) is 0 Å². The van der Waals surface area contributed by atoms with Crippen LogP contribution in [0.4, 0.5) is 0 Å². The molecule has 0 bridgehead atoms. The molecule has 7 nitrogen and oxygen atoms in total. The molecular weight excluding hydrogens is 260 g/mol. The van der Waals surface area contributed by atoms with Crippen LogP contribution in [0.5, 0.6) is 0 Å². The van der Waals surface area contributed by atoms with Gasteiger partial charge in [0.15, 0.2) is 0 Å². The summed E-state index contributed by atoms with van der Waals surface area (Å²) in [5.74, 6) is -1.32. The summed E-state index contributed by atoms with van der Waals surface area (Å²) in [7, 11) is -3.57. The fourth-order valence-corrected chi connectivity index (χ4v) is 3.54. The molecule has 1 rings (SSSR count). The second-order valence-corrected chi connectivity index (χ2v) is 6.48. The van der Waals surface area contributed by atoms with Gasteiger partial charge in [-0.1, -0.05) is 0 Å². The van der Waals surface area contributed by atoms with Crippen LogP contribution in [0.25, 0.3) is 0 Å². The van der Waals surface area contributed by atoms with Crippen molar-refractivity contribution in [3.05, 3.63) is 0 Å². The quantitative estimate of drug-likeness (QED) is 0.624. The fourth-order valence-electron chi connectivity index (χ4n) is 2.09. The number of carbonyl (C=O) groups excluding carboxylic acids is 1. The van der Waals surface area contributed by atoms with Crippen LogP contribution in [0.3, 0.4) is 0 Å². The van der Waals surface area contributed by atoms with Crippen LogP contribution in [0.15, 0.2) is 0 Å². The first-order valence-electron chi connectivity index (χ1n) is 5.78. The van der Waals surface area contributed by atoms with Gasteiger partial charge in [0.2, 0.25) is 15.9 Å². The van der Waals surface area contributed by atoms with E-state index < -0.39 is 27.8 Å². The number of carbonyl (C=O) groups is 2. The Hall–Kier alpha value is -1.15. The third-order valence-corrected chi connectivity index (χ3v) is 4.84. The summed E-state index contributed by atoms with van der Waals surface area (Å²) in [6, 6.07) is 0.0217. The van der Waals surface area contributed by atoms with E-state index >= 15 is 0 Å². The van der Waals surface area contributed by atoms with Crippen molar-refractivity contribution in [1.82, 2.24) is 10.0 Å². The lowest BCUT2D eigenvalue weighted by molar-refractivity contribution is -0.135. The minimum absolute atomic E-state index is 0.0217. The first-order valence-corrected chi connectivity index (χ1v) is 7.33. The number of aliphatic carboxylic acids is 1. The zero-order chi connectivity index (χ0) is 13.8. The van der Waals surface area contributed by atoms with Gasteiger partial charge < -0.3 is 10.4 Å². The third kappa shape index (κ3) is 4.61. The summed E-state index contributed by atoms with van der Waals surface area (Å²) in [6.45, 7) is 0.838. The molecule has 8 heteroatoms. The molecule has 0 radical (unpaired) electrons. The lowest BCUT2D eigenvalue weighted by Crippen LogP contribution is -2.43. The Kier molecular flexibility index (Phi) is 5.09. The summed E-state index contributed by atoms with van der Waals surface area (Å²) < 4.78 is 25.6. The molecule has 1 aliphatic rings. The van der Waals surface area contributed by atoms with E-state index in [9.17, 15) is 18.0 Å². The molecule has 0 spiro atoms. The Bertz CT molecular complexity index is 412. The lowest BCUT2D eigenvalue weighted by atomic mass is 9.95. The zero-order valence-electron chi connectivity index (χ0n) is 10.2. The predicted molar refractivity (Wildman–Crippen MR) is 64.4 cm³/mol. The normalized spacial score (nSPS) is 24.5. The molecule has 1 aliphatic carbocycles. The van der Waals surface area contributed by atoms with Crippen LogP contribution in [-0.4, -0.2) is 43.2 Å². The molecule has 1 saturated carbocycles. The topological polar surface area (TPSA) is 113 Å². The number of carboxylic acids is 1. The van der Waals surface area contributed by atoms with E-state index in [-0.39, 0.29) is 11.9 Å². The summed E-state index contributed by atoms with van der Waals surface area (Å²) in [4.78, 5) is 21.2. The van der Waals surface area contributed by atoms with Crippen LogP contribution in [0, 0.1) is 0 Å². The van der Waals surface area contributed by atoms with E-state index in [0.29, 0.717) is 25.7 Å². The standard InChI is InChI=1S/C10H18N2O5S/c1-7(13)12-8-2-4-9(5-3-8)18(16,17)11-6-10(14)15/h8-9,11H,2-6H2,1H3,(H,12,13)(H,14,15). The van der Waals surface area contributed by atoms with E-state index in [2.05, 4.69) is 10.0 Å². The molecule has 1 amide bonds. The van der Waals surface area contributed by atoms with Crippen molar-refractivity contribution in [1.29, 1.82) is 0 Å². The Morgan fingerprint density at radius 3 is 2.22 bits per heavy atom. The van der Waals surface area contributed by atoms with Crippen LogP contribution >= 0.6 is 0 Å². The highest BCUT2D eigenvalue weighted by Crippen LogP contribution is 2.23. The SMILES string of the molecule is CC(=O)NC1CCC(S(=O)(=O)NCC(=O)O)CC1. The highest BCUT2D eigenvalue weighted by molar-refractivity contribution is 7.90. The van der Waals surface area contributed by atoms with Crippen LogP contribution in [0.1, 0.15) is 32.6 Å². The van der Waals surface area contributed by atoms with E-state index in [1.54, 1.807) is 0 Å². The molecular formula is C10H18N2O5S. The van der Waals surface area contributed by atoms with Gasteiger partial charge in [-0.25, -0.2) is 13.1 Å². The number of hydrogen-bond acceptors (Lipinski definition) is 4. The van der Waals surface area contributed by atoms with Crippen LogP contribution in [0.2, 0.25) is 0 Å². The summed E-state index contributed by atoms with van der Waals surface area (Å²) in [5, 5.41) is 10.6. The Morgan fingerprint density at radius 2 is 1.78 bits per heavy atom. The van der Waals surface area contributed by atoms with Gasteiger partial charge in [0.1, 0.15) is 6.54 Å². The van der Waals surface area contributed by atoms with Gasteiger partial charge in [-0.05, 0) is 25.7 Å². The lowest BCUT2D eigenvalue weighted by Gasteiger charge is -2.28. The maximum absolute atomic E-state index is 11.8. The van der Waals surface area contributed by atoms with Crippen LogP contribution < -0.4 is 10.0 Å². The van der Waals surface area contributed by atoms with Crippen molar-refractivity contribution in [2.75, 3.05) is 6.54 Å². The highest BCUT2D eigenvalue weighted by Gasteiger charge is 2.31. The highest BCUT2D eigenvalue weighted by atomic mass is 32.2. The van der Waals surface area contributed by atoms with E-state index in [1.807, 2.05) is 0 Å². The molecule has 0 saturated heterocycles. The molecule has 0 aromatic carbocycles. The average molecular weight is 278 g/mol. The maximum Gasteiger partial charge on any atom is 0.318 e. The Morgan fingerprint density at radius 1 is 1.22 bits per heavy atom. The molecule has 3 N–H and O–H groups in total. The number of carboxylic acid groups (broad SMARTS) is 1. The smallest absolute Gasteiger partial charge is 0.318 e. The average Bonchev–Trinajstić information content (AvgIpc) is 2.26. The summed E-state index contributed by atoms with van der Waals surface area (Å²) >= 11 is 0. The monoisotopic (exact) mass is 278 g/mol. The number of nitrogens with one attached hydrogen (secondary N) is 2. The van der Waals surface area contributed by atoms with E-state index in [1.165, 1.54) is 6.92 Å². The van der Waals surface area contributed by atoms with E-state index in [4.69, 9.17) is 5.11 Å². The van der Waals surface area contributed by atoms with Gasteiger partial charge in [-0.15, -0.1) is 0 Å². The largest absolute Gasteiger partial charge is 0.480 e. The predicted octanol–water partition coefficient (Wildman–Crippen LogP) is -0.562. The number of hydrogen-bond donors (Lipinski definition) is 3. The number of amides is 1. The third-order valence-electron chi connectivity index (χ3n) is 2.95. The second-order valence-electron chi connectivity index (χ2n) is 4.43. The molecule has 0 aromatic rings. The van der Waals surface area contributed by atoms with Gasteiger partial charge in [-0.3, -0.25) is 9.59 Å². The van der Waals surface area contributed by atoms with Crippen molar-refractivity contribution in [2.45, 2.75) is 43.9 Å². The fraction of sp³-hybridized carbons (Fsp3) is 0.800. The van der Waals surface area contributed by atoms with Crippen molar-refractivity contribution >= 4 is 21.9 Å². The molecule has 104 valence electrons. The summed E-state index contributed by atoms with van der Waals surface area (Å²) in [6.07, 6.45) is 2.05. The minimum atomic E-state index is -3.57. The first-order chi connectivity index (χ1) is 8.31. The van der Waals surface area contributed by atoms with Gasteiger partial charge in [0.05, 0.1) is 5.25 Å². The number of sulfonamides is 1. The minimum Gasteiger partial charge on any atom is -0.480 e. The molecule has 0 atom stereocenters. The van der Waals surface area contributed by atoms with Gasteiger partial charge in [-0.2, -0.15) is 0 Å².